The minimum atomic E-state index is 0. The maximum Gasteiger partial charge on any atom is 0.0462 e. The van der Waals surface area contributed by atoms with Crippen LogP contribution in [-0.4, -0.2) is 0 Å². The van der Waals surface area contributed by atoms with Crippen LogP contribution in [-0.2, 0) is 34.1 Å². The molecule has 6 heavy (non-hydrogen) atoms. The maximum atomic E-state index is 6.50. The van der Waals surface area contributed by atoms with Gasteiger partial charge in [0.1, 0.15) is 0 Å². The Morgan fingerprint density at radius 3 is 0.667 bits per heavy atom. The van der Waals surface area contributed by atoms with Crippen molar-refractivity contribution in [3.8, 4) is 13.1 Å². The fraction of sp³-hybridized carbons (Fsp3) is 0. The van der Waals surface area contributed by atoms with Crippen molar-refractivity contribution in [2.45, 2.75) is 0 Å². The Hall–Kier alpha value is 0.0190. The third-order valence-corrected chi connectivity index (χ3v) is 0. The van der Waals surface area contributed by atoms with Crippen molar-refractivity contribution in [3.63, 3.8) is 0 Å². The van der Waals surface area contributed by atoms with Gasteiger partial charge in [0.05, 0.1) is 0 Å². The van der Waals surface area contributed by atoms with Crippen LogP contribution in [0.25, 0.3) is 0 Å². The van der Waals surface area contributed by atoms with Gasteiger partial charge in [-0.2, -0.15) is 0 Å². The molecular weight excluding hydrogens is 179 g/mol. The molecule has 0 saturated heterocycles. The van der Waals surface area contributed by atoms with Crippen molar-refractivity contribution in [3.05, 3.63) is 0 Å². The molecule has 0 atom stereocenters. The first-order valence-corrected chi connectivity index (χ1v) is 0.516. The van der Waals surface area contributed by atoms with Crippen molar-refractivity contribution < 1.29 is 34.1 Å². The molecule has 0 unspecified atom stereocenters. The zero-order chi connectivity index (χ0) is 4.00. The third-order valence-electron chi connectivity index (χ3n) is 0. The summed E-state index contributed by atoms with van der Waals surface area (Å²) >= 11 is 0. The van der Waals surface area contributed by atoms with Gasteiger partial charge in [0.2, 0.25) is 0 Å². The van der Waals surface area contributed by atoms with Crippen LogP contribution in [0.3, 0.4) is 0 Å². The van der Waals surface area contributed by atoms with E-state index in [1.54, 1.807) is 0 Å². The van der Waals surface area contributed by atoms with Gasteiger partial charge in [-0.05, 0) is 0 Å². The van der Waals surface area contributed by atoms with E-state index in [0.29, 0.717) is 0 Å². The molecule has 0 heterocycles. The molecule has 0 saturated carbocycles. The molecule has 0 bridgehead atoms. The van der Waals surface area contributed by atoms with Gasteiger partial charge in [-0.15, -0.1) is 0 Å². The van der Waals surface area contributed by atoms with Gasteiger partial charge in [-0.3, -0.25) is 0 Å². The molecule has 0 aromatic heterocycles. The zero-order valence-electron chi connectivity index (χ0n) is 2.65. The van der Waals surface area contributed by atoms with Gasteiger partial charge in [0, 0.05) is 47.3 Å². The first kappa shape index (κ1) is 37.2. The summed E-state index contributed by atoms with van der Waals surface area (Å²) in [6.07, 6.45) is 0. The predicted molar refractivity (Wildman–Crippen MR) is 13.3 cm³/mol. The Bertz CT molecular complexity index is 25.0. The molecule has 0 aliphatic heterocycles. The summed E-state index contributed by atoms with van der Waals surface area (Å²) in [6, 6.07) is 0. The van der Waals surface area contributed by atoms with E-state index >= 15 is 0 Å². The van der Waals surface area contributed by atoms with Crippen molar-refractivity contribution in [1.82, 2.24) is 0 Å². The van der Waals surface area contributed by atoms with Crippen molar-refractivity contribution in [1.29, 1.82) is 10.5 Å². The van der Waals surface area contributed by atoms with Gasteiger partial charge >= 0.3 is 0 Å². The van der Waals surface area contributed by atoms with Gasteiger partial charge in [-0.1, -0.05) is 0 Å². The third kappa shape index (κ3) is 102000. The number of rotatable bonds is 0. The fourth-order valence-corrected chi connectivity index (χ4v) is 0. The summed E-state index contributed by atoms with van der Waals surface area (Å²) in [6.45, 7) is 7.00. The summed E-state index contributed by atoms with van der Waals surface area (Å²) in [5.41, 5.74) is 0. The van der Waals surface area contributed by atoms with Crippen LogP contribution in [0.2, 0.25) is 0 Å². The van der Waals surface area contributed by atoms with Crippen LogP contribution in [0.4, 0.5) is 0 Å². The van der Waals surface area contributed by atoms with Gasteiger partial charge in [0.25, 0.3) is 0 Å². The smallest absolute Gasteiger partial charge is 0.0462 e. The average Bonchev–Trinajstić information content (AvgIpc) is 1.50. The van der Waals surface area contributed by atoms with Crippen LogP contribution in [0, 0.1) is 23.7 Å². The molecule has 0 aromatic carbocycles. The van der Waals surface area contributed by atoms with E-state index in [2.05, 4.69) is 13.1 Å². The number of nitrogens with zero attached hydrogens (tertiary/aromatic N) is 2. The molecule has 2 nitrogen and oxygen atoms in total. The van der Waals surface area contributed by atoms with Gasteiger partial charge in [-0.25, -0.2) is 10.5 Å². The molecule has 0 aliphatic carbocycles. The van der Waals surface area contributed by atoms with Crippen LogP contribution in [0.5, 0.6) is 0 Å². The standard InChI is InChI=1S/2CHN.2Cu/c2*1-2;;/h2*1H;;. The summed E-state index contributed by atoms with van der Waals surface area (Å²) in [5.74, 6) is 0. The molecule has 0 spiro atoms. The van der Waals surface area contributed by atoms with E-state index in [9.17, 15) is 0 Å². The molecule has 2 radical (unpaired) electrons. The second kappa shape index (κ2) is 225000. The first-order chi connectivity index (χ1) is 2.00. The fourth-order valence-electron chi connectivity index (χ4n) is 0. The molecule has 42 valence electrons. The normalized spacial score (nSPS) is 0.667. The molecular formula is C2H2Cu2N2. The van der Waals surface area contributed by atoms with Crippen LogP contribution < -0.4 is 0 Å². The first-order valence-electron chi connectivity index (χ1n) is 0.516. The molecule has 0 fully saturated rings. The van der Waals surface area contributed by atoms with Gasteiger partial charge < -0.3 is 0 Å². The summed E-state index contributed by atoms with van der Waals surface area (Å²) in [5, 5.41) is 13.0. The molecule has 0 rings (SSSR count). The number of hydrogen-bond acceptors (Lipinski definition) is 2. The zero-order valence-corrected chi connectivity index (χ0v) is 4.54. The van der Waals surface area contributed by atoms with E-state index in [1.165, 1.54) is 0 Å². The summed E-state index contributed by atoms with van der Waals surface area (Å²) < 4.78 is 0. The molecule has 0 amide bonds. The van der Waals surface area contributed by atoms with Crippen LogP contribution in [0.15, 0.2) is 0 Å². The van der Waals surface area contributed by atoms with Crippen molar-refractivity contribution >= 4 is 0 Å². The molecule has 4 heteroatoms. The second-order valence-electron chi connectivity index (χ2n) is 0. The van der Waals surface area contributed by atoms with E-state index in [-0.39, 0.29) is 34.1 Å². The SMILES string of the molecule is C#N.C#N.[Cu].[Cu]. The Labute approximate surface area is 58.1 Å². The minimum absolute atomic E-state index is 0. The van der Waals surface area contributed by atoms with Crippen LogP contribution in [0.1, 0.15) is 0 Å². The monoisotopic (exact) mass is 180 g/mol. The Balaban J connectivity index is -0.00000000500. The minimum Gasteiger partial charge on any atom is -0.202 e. The van der Waals surface area contributed by atoms with Crippen molar-refractivity contribution in [2.75, 3.05) is 0 Å². The molecule has 0 aliphatic rings. The van der Waals surface area contributed by atoms with E-state index in [0.717, 1.165) is 0 Å². The van der Waals surface area contributed by atoms with Gasteiger partial charge in [0.15, 0.2) is 0 Å². The van der Waals surface area contributed by atoms with Crippen LogP contribution >= 0.6 is 0 Å². The van der Waals surface area contributed by atoms with Crippen molar-refractivity contribution in [2.24, 2.45) is 0 Å². The number of nitriles is 2. The Morgan fingerprint density at radius 1 is 0.667 bits per heavy atom. The predicted octanol–water partition coefficient (Wildman–Crippen LogP) is 0.275. The van der Waals surface area contributed by atoms with E-state index < -0.39 is 0 Å². The Morgan fingerprint density at radius 2 is 0.667 bits per heavy atom. The largest absolute Gasteiger partial charge is 0.202 e. The molecule has 0 aromatic rings. The maximum absolute atomic E-state index is 6.50. The van der Waals surface area contributed by atoms with E-state index in [1.807, 2.05) is 0 Å². The quantitative estimate of drug-likeness (QED) is 0.504. The second-order valence-corrected chi connectivity index (χ2v) is 0. The summed E-state index contributed by atoms with van der Waals surface area (Å²) in [4.78, 5) is 0. The van der Waals surface area contributed by atoms with E-state index in [4.69, 9.17) is 10.5 Å². The Kier molecular flexibility index (Phi) is 1400000. The molecule has 0 N–H and O–H groups in total. The summed E-state index contributed by atoms with van der Waals surface area (Å²) in [7, 11) is 0. The number of hydrogen-bond donors (Lipinski definition) is 0. The average molecular weight is 181 g/mol. The topological polar surface area (TPSA) is 47.6 Å².